The molecule has 2 aromatic heterocycles. The van der Waals surface area contributed by atoms with Crippen molar-refractivity contribution in [2.45, 2.75) is 126 Å². The number of aromatic nitrogens is 2. The van der Waals surface area contributed by atoms with E-state index in [2.05, 4.69) is 62.9 Å². The Labute approximate surface area is 431 Å². The smallest absolute Gasteiger partial charge is 0.297 e. The zero-order valence-corrected chi connectivity index (χ0v) is 43.2. The Morgan fingerprint density at radius 1 is 0.986 bits per heavy atom. The fraction of sp³-hybridized carbons (Fsp3) is 0.527. The van der Waals surface area contributed by atoms with Gasteiger partial charge in [-0.2, -0.15) is 4.98 Å². The third kappa shape index (κ3) is 10.2. The molecule has 5 aromatic rings. The number of hydrogen-bond donors (Lipinski definition) is 4. The molecule has 2 aliphatic carbocycles. The number of carbonyl (C=O) groups excluding carboxylic acids is 1. The van der Waals surface area contributed by atoms with Crippen molar-refractivity contribution < 1.29 is 46.9 Å². The average molecular weight is 1030 g/mol. The largest absolute Gasteiger partial charge is 0.489 e. The normalized spacial score (nSPS) is 25.2. The van der Waals surface area contributed by atoms with E-state index in [4.69, 9.17) is 28.7 Å². The van der Waals surface area contributed by atoms with Gasteiger partial charge >= 0.3 is 0 Å². The number of aromatic amines is 1. The monoisotopic (exact) mass is 1030 g/mol. The molecule has 11 rings (SSSR count). The molecule has 6 aliphatic rings. The summed E-state index contributed by atoms with van der Waals surface area (Å²) >= 11 is 0. The number of anilines is 2. The quantitative estimate of drug-likeness (QED) is 0.0602. The van der Waals surface area contributed by atoms with E-state index in [1.54, 1.807) is 37.4 Å². The molecule has 2 saturated carbocycles. The van der Waals surface area contributed by atoms with Crippen LogP contribution in [0.15, 0.2) is 77.8 Å². The Morgan fingerprint density at radius 2 is 1.78 bits per heavy atom. The number of likely N-dealkylation sites (tertiary alicyclic amines) is 1. The maximum atomic E-state index is 14.5. The molecule has 6 heterocycles. The molecule has 1 amide bonds. The predicted molar refractivity (Wildman–Crippen MR) is 278 cm³/mol. The number of nitro groups is 1. The summed E-state index contributed by atoms with van der Waals surface area (Å²) in [5.41, 5.74) is 3.23. The van der Waals surface area contributed by atoms with Crippen LogP contribution in [-0.4, -0.2) is 116 Å². The van der Waals surface area contributed by atoms with Gasteiger partial charge in [-0.05, 0) is 130 Å². The second-order valence-corrected chi connectivity index (χ2v) is 23.7. The SMILES string of the molecule is CC(C)c1ccccc1[C@@H]1CCCN1C1CC2(CCN(c3ccc(C(=O)NS(=O)(=O)c4cc5c(c([N+](=O)[O-])c4)N[C@@H](C4CCC(C)(O)CC4)CO5)c(Oc4cc5cc[nH]c5nc4OC[C@@H]4COCCO4)c3)CC2)C1. The van der Waals surface area contributed by atoms with Crippen molar-refractivity contribution in [2.75, 3.05) is 62.9 Å². The van der Waals surface area contributed by atoms with Gasteiger partial charge in [-0.3, -0.25) is 19.8 Å². The molecule has 3 aromatic carbocycles. The standard InChI is InChI=1S/C55H67N7O11S/c1-34(2)41-7-4-5-8-42(41)45-9-6-20-61(45)38-29-55(30-38)17-21-60(22-18-55)37-10-11-43(47(26-37)73-49-25-36-14-19-56-51(36)58-53(49)72-32-39-31-69-23-24-70-39)52(63)59-74(67,68)40-27-46(62(65)66)50-48(28-40)71-33-44(57-50)35-12-15-54(3,64)16-13-35/h4-5,7-8,10-11,14,19,25-28,34-35,38-39,44-45,57,64H,6,9,12-13,15-18,20-24,29-33H2,1-3H3,(H,56,58)(H,59,63)/t35?,39-,44+,45-,54?/m0/s1. The summed E-state index contributed by atoms with van der Waals surface area (Å²) in [5, 5.41) is 27.0. The lowest BCUT2D eigenvalue weighted by Crippen LogP contribution is -2.54. The number of hydrogen-bond acceptors (Lipinski definition) is 15. The number of carbonyl (C=O) groups is 1. The molecule has 4 aliphatic heterocycles. The number of H-pyrrole nitrogens is 1. The maximum Gasteiger partial charge on any atom is 0.297 e. The van der Waals surface area contributed by atoms with E-state index < -0.39 is 37.0 Å². The first-order valence-electron chi connectivity index (χ1n) is 26.3. The summed E-state index contributed by atoms with van der Waals surface area (Å²) in [4.78, 5) is 38.7. The average Bonchev–Trinajstić information content (AvgIpc) is 4.07. The van der Waals surface area contributed by atoms with Gasteiger partial charge in [0.15, 0.2) is 17.2 Å². The van der Waals surface area contributed by atoms with E-state index in [1.807, 2.05) is 6.07 Å². The Kier molecular flexibility index (Phi) is 13.7. The first kappa shape index (κ1) is 50.2. The molecule has 4 N–H and O–H groups in total. The Morgan fingerprint density at radius 3 is 2.54 bits per heavy atom. The van der Waals surface area contributed by atoms with Crippen molar-refractivity contribution in [3.8, 4) is 23.1 Å². The highest BCUT2D eigenvalue weighted by atomic mass is 32.2. The molecule has 394 valence electrons. The molecule has 5 fully saturated rings. The third-order valence-electron chi connectivity index (χ3n) is 16.7. The minimum absolute atomic E-state index is 0.0155. The van der Waals surface area contributed by atoms with Gasteiger partial charge in [0.2, 0.25) is 0 Å². The van der Waals surface area contributed by atoms with Gasteiger partial charge in [0, 0.05) is 60.6 Å². The first-order valence-corrected chi connectivity index (χ1v) is 27.8. The molecule has 0 unspecified atom stereocenters. The fourth-order valence-electron chi connectivity index (χ4n) is 12.4. The van der Waals surface area contributed by atoms with Crippen LogP contribution in [0, 0.1) is 21.4 Å². The molecule has 3 saturated heterocycles. The van der Waals surface area contributed by atoms with Crippen LogP contribution in [0.25, 0.3) is 11.0 Å². The molecule has 3 atom stereocenters. The lowest BCUT2D eigenvalue weighted by molar-refractivity contribution is -0.384. The zero-order chi connectivity index (χ0) is 51.4. The Bertz CT molecular complexity index is 3000. The zero-order valence-electron chi connectivity index (χ0n) is 42.3. The van der Waals surface area contributed by atoms with Crippen molar-refractivity contribution in [2.24, 2.45) is 11.3 Å². The van der Waals surface area contributed by atoms with Gasteiger partial charge in [-0.25, -0.2) is 13.1 Å². The van der Waals surface area contributed by atoms with Crippen LogP contribution in [0.2, 0.25) is 0 Å². The Balaban J connectivity index is 0.843. The van der Waals surface area contributed by atoms with Crippen LogP contribution in [0.5, 0.6) is 23.1 Å². The summed E-state index contributed by atoms with van der Waals surface area (Å²) in [6.45, 7) is 10.6. The van der Waals surface area contributed by atoms with Gasteiger partial charge < -0.3 is 44.0 Å². The number of piperidine rings is 1. The van der Waals surface area contributed by atoms with Crippen LogP contribution in [0.1, 0.15) is 118 Å². The number of pyridine rings is 1. The number of nitrogens with one attached hydrogen (secondary N) is 3. The Hall–Kier alpha value is -5.99. The van der Waals surface area contributed by atoms with Gasteiger partial charge in [0.05, 0.1) is 46.8 Å². The van der Waals surface area contributed by atoms with Crippen molar-refractivity contribution in [3.05, 3.63) is 99.7 Å². The lowest BCUT2D eigenvalue weighted by Gasteiger charge is -2.56. The number of ether oxygens (including phenoxy) is 5. The molecule has 0 radical (unpaired) electrons. The minimum Gasteiger partial charge on any atom is -0.489 e. The topological polar surface area (TPSA) is 220 Å². The molecule has 18 nitrogen and oxygen atoms in total. The van der Waals surface area contributed by atoms with Gasteiger partial charge in [0.1, 0.15) is 30.7 Å². The first-order chi connectivity index (χ1) is 35.6. The van der Waals surface area contributed by atoms with Crippen LogP contribution in [-0.2, 0) is 19.5 Å². The summed E-state index contributed by atoms with van der Waals surface area (Å²) in [6, 6.07) is 20.5. The van der Waals surface area contributed by atoms with E-state index in [0.29, 0.717) is 74.5 Å². The van der Waals surface area contributed by atoms with Crippen molar-refractivity contribution in [1.82, 2.24) is 19.6 Å². The molecular weight excluding hydrogens is 967 g/mol. The van der Waals surface area contributed by atoms with Gasteiger partial charge in [0.25, 0.3) is 27.5 Å². The second kappa shape index (κ2) is 20.3. The summed E-state index contributed by atoms with van der Waals surface area (Å²) in [7, 11) is -4.74. The predicted octanol–water partition coefficient (Wildman–Crippen LogP) is 9.00. The highest BCUT2D eigenvalue weighted by molar-refractivity contribution is 7.90. The molecule has 0 bridgehead atoms. The van der Waals surface area contributed by atoms with Crippen LogP contribution in [0.3, 0.4) is 0 Å². The van der Waals surface area contributed by atoms with Crippen molar-refractivity contribution >= 4 is 44.0 Å². The summed E-state index contributed by atoms with van der Waals surface area (Å²) in [6.07, 6.45) is 10.7. The number of nitrogens with zero attached hydrogens (tertiary/aromatic N) is 4. The summed E-state index contributed by atoms with van der Waals surface area (Å²) in [5.74, 6) is -0.104. The number of fused-ring (bicyclic) bond motifs is 2. The molecule has 19 heteroatoms. The van der Waals surface area contributed by atoms with Crippen LogP contribution in [0.4, 0.5) is 17.1 Å². The summed E-state index contributed by atoms with van der Waals surface area (Å²) < 4.78 is 60.9. The van der Waals surface area contributed by atoms with Crippen LogP contribution >= 0.6 is 0 Å². The third-order valence-corrected chi connectivity index (χ3v) is 18.0. The second-order valence-electron chi connectivity index (χ2n) is 22.0. The lowest BCUT2D eigenvalue weighted by atomic mass is 9.59. The van der Waals surface area contributed by atoms with E-state index >= 15 is 0 Å². The van der Waals surface area contributed by atoms with Crippen LogP contribution < -0.4 is 29.1 Å². The number of nitro benzene ring substituents is 1. The molecule has 1 spiro atoms. The van der Waals surface area contributed by atoms with Crippen molar-refractivity contribution in [1.29, 1.82) is 0 Å². The molecular formula is C55H67N7O11S. The highest BCUT2D eigenvalue weighted by Gasteiger charge is 2.50. The van der Waals surface area contributed by atoms with E-state index in [0.717, 1.165) is 44.2 Å². The number of benzene rings is 3. The van der Waals surface area contributed by atoms with Gasteiger partial charge in [-0.15, -0.1) is 0 Å². The minimum atomic E-state index is -4.74. The number of amides is 1. The fourth-order valence-corrected chi connectivity index (χ4v) is 13.4. The number of sulfonamides is 1. The van der Waals surface area contributed by atoms with Crippen molar-refractivity contribution in [3.63, 3.8) is 0 Å². The maximum absolute atomic E-state index is 14.5. The van der Waals surface area contributed by atoms with Gasteiger partial charge in [-0.1, -0.05) is 38.1 Å². The highest BCUT2D eigenvalue weighted by Crippen LogP contribution is 2.54. The molecule has 74 heavy (non-hydrogen) atoms. The van der Waals surface area contributed by atoms with E-state index in [1.165, 1.54) is 42.9 Å². The number of rotatable bonds is 14. The number of aliphatic hydroxyl groups is 1. The van der Waals surface area contributed by atoms with E-state index in [9.17, 15) is 28.4 Å². The van der Waals surface area contributed by atoms with E-state index in [-0.39, 0.29) is 71.1 Å².